The number of amidine groups is 1. The molecule has 0 spiro atoms. The van der Waals surface area contributed by atoms with Gasteiger partial charge in [-0.3, -0.25) is 4.99 Å². The molecule has 1 saturated carbocycles. The fourth-order valence-corrected chi connectivity index (χ4v) is 3.80. The molecule has 1 aliphatic carbocycles. The number of halogens is 2. The van der Waals surface area contributed by atoms with Gasteiger partial charge in [-0.05, 0) is 69.4 Å². The third kappa shape index (κ3) is 5.71. The number of benzene rings is 1. The molecule has 0 saturated heterocycles. The number of ether oxygens (including phenoxy) is 1. The summed E-state index contributed by atoms with van der Waals surface area (Å²) in [6.45, 7) is 6.12. The van der Waals surface area contributed by atoms with E-state index in [1.165, 1.54) is 18.5 Å². The first-order valence-electron chi connectivity index (χ1n) is 11.6. The van der Waals surface area contributed by atoms with Gasteiger partial charge in [0.25, 0.3) is 0 Å². The predicted octanol–water partition coefficient (Wildman–Crippen LogP) is 4.38. The van der Waals surface area contributed by atoms with E-state index in [0.717, 1.165) is 12.8 Å². The SMILES string of the molecule is CCOC(=O)c1c(C)nn(-c2cc(NC(=NCC3CC3)C(Cl)=C(N)c3ccc(F)cc3)ncn2)c1C. The van der Waals surface area contributed by atoms with E-state index in [-0.39, 0.29) is 23.2 Å². The molecule has 0 atom stereocenters. The number of aryl methyl sites for hydroxylation is 1. The van der Waals surface area contributed by atoms with E-state index in [9.17, 15) is 9.18 Å². The van der Waals surface area contributed by atoms with E-state index < -0.39 is 5.97 Å². The molecule has 0 aliphatic heterocycles. The van der Waals surface area contributed by atoms with Crippen molar-refractivity contribution in [3.63, 3.8) is 0 Å². The lowest BCUT2D eigenvalue weighted by molar-refractivity contribution is 0.0524. The standard InChI is InChI=1S/C25H27ClFN7O2/c1-4-36-25(35)21-14(2)33-34(15(21)3)20-11-19(30-13-31-20)32-24(29-12-16-5-6-16)22(26)23(28)17-7-9-18(27)10-8-17/h7-11,13,16H,4-6,12,28H2,1-3H3,(H,29,30,31,32). The molecule has 0 radical (unpaired) electrons. The van der Waals surface area contributed by atoms with Gasteiger partial charge in [-0.25, -0.2) is 23.8 Å². The minimum atomic E-state index is -0.436. The average Bonchev–Trinajstić information content (AvgIpc) is 3.64. The number of hydrogen-bond donors (Lipinski definition) is 2. The second-order valence-electron chi connectivity index (χ2n) is 8.43. The Kier molecular flexibility index (Phi) is 7.64. The molecule has 36 heavy (non-hydrogen) atoms. The van der Waals surface area contributed by atoms with E-state index in [4.69, 9.17) is 22.1 Å². The number of anilines is 1. The summed E-state index contributed by atoms with van der Waals surface area (Å²) in [4.78, 5) is 25.6. The van der Waals surface area contributed by atoms with E-state index >= 15 is 0 Å². The van der Waals surface area contributed by atoms with E-state index in [0.29, 0.717) is 52.4 Å². The number of aliphatic imine (C=N–C) groups is 1. The molecule has 0 unspecified atom stereocenters. The molecule has 0 amide bonds. The topological polar surface area (TPSA) is 120 Å². The van der Waals surface area contributed by atoms with E-state index in [2.05, 4.69) is 25.4 Å². The largest absolute Gasteiger partial charge is 0.462 e. The van der Waals surface area contributed by atoms with Crippen LogP contribution >= 0.6 is 11.6 Å². The van der Waals surface area contributed by atoms with Crippen LogP contribution in [0.3, 0.4) is 0 Å². The number of nitrogens with zero attached hydrogens (tertiary/aromatic N) is 5. The molecule has 3 N–H and O–H groups in total. The second-order valence-corrected chi connectivity index (χ2v) is 8.81. The number of nitrogens with two attached hydrogens (primary N) is 1. The summed E-state index contributed by atoms with van der Waals surface area (Å²) >= 11 is 6.65. The fourth-order valence-electron chi connectivity index (χ4n) is 3.59. The van der Waals surface area contributed by atoms with Gasteiger partial charge in [0.2, 0.25) is 0 Å². The maximum absolute atomic E-state index is 13.4. The Balaban J connectivity index is 1.66. The summed E-state index contributed by atoms with van der Waals surface area (Å²) in [5.74, 6) is 0.897. The van der Waals surface area contributed by atoms with Crippen LogP contribution in [0.15, 0.2) is 46.7 Å². The summed E-state index contributed by atoms with van der Waals surface area (Å²) < 4.78 is 20.1. The zero-order valence-corrected chi connectivity index (χ0v) is 21.0. The van der Waals surface area contributed by atoms with E-state index in [1.54, 1.807) is 43.7 Å². The monoisotopic (exact) mass is 511 g/mol. The van der Waals surface area contributed by atoms with Gasteiger partial charge in [0, 0.05) is 12.6 Å². The number of aromatic nitrogens is 4. The molecule has 2 aromatic heterocycles. The molecule has 4 rings (SSSR count). The first-order valence-corrected chi connectivity index (χ1v) is 11.9. The Hall–Kier alpha value is -3.79. The van der Waals surface area contributed by atoms with Crippen molar-refractivity contribution in [2.45, 2.75) is 33.6 Å². The minimum absolute atomic E-state index is 0.193. The summed E-state index contributed by atoms with van der Waals surface area (Å²) in [5.41, 5.74) is 8.64. The van der Waals surface area contributed by atoms with Crippen LogP contribution in [0.5, 0.6) is 0 Å². The van der Waals surface area contributed by atoms with Crippen LogP contribution in [-0.4, -0.2) is 44.7 Å². The minimum Gasteiger partial charge on any atom is -0.462 e. The zero-order valence-electron chi connectivity index (χ0n) is 20.3. The number of esters is 1. The molecular formula is C25H27ClFN7O2. The van der Waals surface area contributed by atoms with Crippen LogP contribution in [0.4, 0.5) is 10.2 Å². The number of rotatable bonds is 8. The van der Waals surface area contributed by atoms with Crippen molar-refractivity contribution in [2.75, 3.05) is 18.5 Å². The quantitative estimate of drug-likeness (QED) is 0.261. The highest BCUT2D eigenvalue weighted by atomic mass is 35.5. The number of carbonyl (C=O) groups excluding carboxylic acids is 1. The van der Waals surface area contributed by atoms with Gasteiger partial charge < -0.3 is 15.8 Å². The average molecular weight is 512 g/mol. The normalized spacial score (nSPS) is 14.4. The van der Waals surface area contributed by atoms with Crippen molar-refractivity contribution in [1.29, 1.82) is 0 Å². The fraction of sp³-hybridized carbons (Fsp3) is 0.320. The van der Waals surface area contributed by atoms with Gasteiger partial charge in [0.1, 0.15) is 34.4 Å². The first-order chi connectivity index (χ1) is 17.3. The maximum atomic E-state index is 13.4. The van der Waals surface area contributed by atoms with E-state index in [1.807, 2.05) is 0 Å². The molecule has 1 aromatic carbocycles. The summed E-state index contributed by atoms with van der Waals surface area (Å²) in [6.07, 6.45) is 3.60. The molecular weight excluding hydrogens is 485 g/mol. The van der Waals surface area contributed by atoms with Gasteiger partial charge in [0.05, 0.1) is 23.7 Å². The zero-order chi connectivity index (χ0) is 25.8. The van der Waals surface area contributed by atoms with Gasteiger partial charge in [-0.2, -0.15) is 5.10 Å². The van der Waals surface area contributed by atoms with Gasteiger partial charge >= 0.3 is 5.97 Å². The molecule has 11 heteroatoms. The Labute approximate surface area is 213 Å². The Bertz CT molecular complexity index is 1330. The lowest BCUT2D eigenvalue weighted by Crippen LogP contribution is -2.18. The number of carbonyl (C=O) groups is 1. The van der Waals surface area contributed by atoms with Crippen LogP contribution in [0.2, 0.25) is 0 Å². The van der Waals surface area contributed by atoms with Crippen molar-refractivity contribution in [2.24, 2.45) is 16.6 Å². The summed E-state index contributed by atoms with van der Waals surface area (Å²) in [5, 5.41) is 7.80. The molecule has 0 bridgehead atoms. The molecule has 9 nitrogen and oxygen atoms in total. The second kappa shape index (κ2) is 10.9. The van der Waals surface area contributed by atoms with Gasteiger partial charge in [-0.15, -0.1) is 0 Å². The van der Waals surface area contributed by atoms with Crippen LogP contribution in [0, 0.1) is 25.6 Å². The van der Waals surface area contributed by atoms with Crippen molar-refractivity contribution in [3.05, 3.63) is 70.0 Å². The molecule has 3 aromatic rings. The number of nitrogens with one attached hydrogen (secondary N) is 1. The Morgan fingerprint density at radius 3 is 2.67 bits per heavy atom. The predicted molar refractivity (Wildman–Crippen MR) is 137 cm³/mol. The van der Waals surface area contributed by atoms with Crippen molar-refractivity contribution in [1.82, 2.24) is 19.7 Å². The Morgan fingerprint density at radius 2 is 2.00 bits per heavy atom. The first kappa shape index (κ1) is 25.3. The highest BCUT2D eigenvalue weighted by Crippen LogP contribution is 2.29. The summed E-state index contributed by atoms with van der Waals surface area (Å²) in [6, 6.07) is 7.41. The van der Waals surface area contributed by atoms with Crippen molar-refractivity contribution < 1.29 is 13.9 Å². The van der Waals surface area contributed by atoms with Crippen molar-refractivity contribution in [3.8, 4) is 5.82 Å². The lowest BCUT2D eigenvalue weighted by atomic mass is 10.1. The lowest BCUT2D eigenvalue weighted by Gasteiger charge is -2.13. The molecule has 1 aliphatic rings. The van der Waals surface area contributed by atoms with Gasteiger partial charge in [0.15, 0.2) is 5.82 Å². The smallest absolute Gasteiger partial charge is 0.341 e. The molecule has 1 fully saturated rings. The molecule has 188 valence electrons. The Morgan fingerprint density at radius 1 is 1.28 bits per heavy atom. The van der Waals surface area contributed by atoms with Gasteiger partial charge in [-0.1, -0.05) is 11.6 Å². The summed E-state index contributed by atoms with van der Waals surface area (Å²) in [7, 11) is 0. The molecule has 2 heterocycles. The highest BCUT2D eigenvalue weighted by molar-refractivity contribution is 6.47. The third-order valence-electron chi connectivity index (χ3n) is 5.69. The van der Waals surface area contributed by atoms with Crippen LogP contribution in [-0.2, 0) is 4.74 Å². The highest BCUT2D eigenvalue weighted by Gasteiger charge is 2.23. The van der Waals surface area contributed by atoms with Crippen LogP contribution < -0.4 is 11.1 Å². The maximum Gasteiger partial charge on any atom is 0.341 e. The third-order valence-corrected chi connectivity index (χ3v) is 6.07. The van der Waals surface area contributed by atoms with Crippen molar-refractivity contribution >= 4 is 34.9 Å². The number of hydrogen-bond acceptors (Lipinski definition) is 7. The van der Waals surface area contributed by atoms with Crippen LogP contribution in [0.25, 0.3) is 11.5 Å². The van der Waals surface area contributed by atoms with Crippen LogP contribution in [0.1, 0.15) is 47.1 Å².